The highest BCUT2D eigenvalue weighted by Crippen LogP contribution is 2.23. The molecule has 0 radical (unpaired) electrons. The van der Waals surface area contributed by atoms with Gasteiger partial charge in [-0.1, -0.05) is 0 Å². The van der Waals surface area contributed by atoms with Gasteiger partial charge in [-0.15, -0.1) is 0 Å². The van der Waals surface area contributed by atoms with Gasteiger partial charge in [0.2, 0.25) is 17.7 Å². The van der Waals surface area contributed by atoms with Crippen LogP contribution in [0.1, 0.15) is 19.8 Å². The van der Waals surface area contributed by atoms with E-state index in [0.717, 1.165) is 0 Å². The van der Waals surface area contributed by atoms with Crippen LogP contribution >= 0.6 is 0 Å². The van der Waals surface area contributed by atoms with Gasteiger partial charge in [-0.2, -0.15) is 0 Å². The number of aliphatic hydroxyl groups is 6. The van der Waals surface area contributed by atoms with Crippen LogP contribution in [-0.4, -0.2) is 160 Å². The van der Waals surface area contributed by atoms with Gasteiger partial charge < -0.3 is 76.6 Å². The fraction of sp³-hybridized carbons (Fsp3) is 0.792. The zero-order valence-corrected chi connectivity index (χ0v) is 23.6. The standard InChI is InChI=1S/C24H39N5O15/c1-8-21(37)26-4-10-15(31)19(35)18(34)13(43-10)7-42-24(40)29-9(2-3-14(25)30)22(38)27-5-11-16(32)20(36)17(33)12(44-11)6-41-23(39)28-8/h8-13,15-20,31-36H,2-7H2,1H3,(H2,25,30)(H,26,37)(H,27,38)(H,28,39)(H,29,40)/t8-,9-,10-,11-,12+,13+,15-,16-,17-,18+,19+,20+/m0/s1. The first-order chi connectivity index (χ1) is 20.7. The minimum absolute atomic E-state index is 0.287. The second-order valence-corrected chi connectivity index (χ2v) is 10.6. The number of primary amides is 1. The summed E-state index contributed by atoms with van der Waals surface area (Å²) < 4.78 is 21.1. The molecule has 20 nitrogen and oxygen atoms in total. The number of aliphatic hydroxyl groups excluding tert-OH is 6. The average Bonchev–Trinajstić information content (AvgIpc) is 2.98. The number of fused-ring (bicyclic) bond motifs is 4. The summed E-state index contributed by atoms with van der Waals surface area (Å²) in [4.78, 5) is 61.6. The van der Waals surface area contributed by atoms with E-state index in [1.807, 2.05) is 0 Å². The van der Waals surface area contributed by atoms with Crippen LogP contribution in [0.25, 0.3) is 0 Å². The topological polar surface area (TPSA) is 318 Å². The smallest absolute Gasteiger partial charge is 0.407 e. The van der Waals surface area contributed by atoms with Crippen molar-refractivity contribution >= 4 is 29.9 Å². The van der Waals surface area contributed by atoms with E-state index in [1.165, 1.54) is 6.92 Å². The quantitative estimate of drug-likeness (QED) is 0.137. The van der Waals surface area contributed by atoms with Crippen molar-refractivity contribution in [3.8, 4) is 0 Å². The van der Waals surface area contributed by atoms with Gasteiger partial charge in [0.15, 0.2) is 0 Å². The molecule has 250 valence electrons. The predicted molar refractivity (Wildman–Crippen MR) is 140 cm³/mol. The number of ether oxygens (including phenoxy) is 4. The molecule has 3 heterocycles. The van der Waals surface area contributed by atoms with Crippen molar-refractivity contribution in [1.29, 1.82) is 0 Å². The Kier molecular flexibility index (Phi) is 12.4. The van der Waals surface area contributed by atoms with Gasteiger partial charge in [-0.25, -0.2) is 9.59 Å². The number of amides is 5. The molecule has 4 bridgehead atoms. The number of carbonyl (C=O) groups is 5. The molecule has 5 amide bonds. The van der Waals surface area contributed by atoms with Crippen molar-refractivity contribution < 1.29 is 73.6 Å². The molecule has 0 aromatic carbocycles. The summed E-state index contributed by atoms with van der Waals surface area (Å²) in [5.74, 6) is -2.44. The maximum atomic E-state index is 12.9. The van der Waals surface area contributed by atoms with Crippen LogP contribution in [0.2, 0.25) is 0 Å². The molecule has 0 aromatic heterocycles. The first kappa shape index (κ1) is 35.1. The lowest BCUT2D eigenvalue weighted by Crippen LogP contribution is -2.62. The average molecular weight is 638 g/mol. The highest BCUT2D eigenvalue weighted by Gasteiger charge is 2.46. The molecule has 3 fully saturated rings. The van der Waals surface area contributed by atoms with Crippen LogP contribution in [0.15, 0.2) is 0 Å². The van der Waals surface area contributed by atoms with E-state index in [2.05, 4.69) is 21.3 Å². The molecule has 3 saturated heterocycles. The predicted octanol–water partition coefficient (Wildman–Crippen LogP) is -6.59. The number of hydrogen-bond donors (Lipinski definition) is 11. The molecule has 3 aliphatic rings. The summed E-state index contributed by atoms with van der Waals surface area (Å²) in [5.41, 5.74) is 5.16. The zero-order chi connectivity index (χ0) is 32.7. The molecule has 44 heavy (non-hydrogen) atoms. The monoisotopic (exact) mass is 637 g/mol. The van der Waals surface area contributed by atoms with Crippen LogP contribution in [0.4, 0.5) is 9.59 Å². The second kappa shape index (κ2) is 15.6. The maximum Gasteiger partial charge on any atom is 0.407 e. The zero-order valence-electron chi connectivity index (χ0n) is 23.6. The first-order valence-electron chi connectivity index (χ1n) is 13.8. The summed E-state index contributed by atoms with van der Waals surface area (Å²) in [6, 6.07) is -2.61. The van der Waals surface area contributed by atoms with E-state index >= 15 is 0 Å². The third-order valence-corrected chi connectivity index (χ3v) is 7.35. The first-order valence-corrected chi connectivity index (χ1v) is 13.8. The van der Waals surface area contributed by atoms with Gasteiger partial charge in [-0.05, 0) is 13.3 Å². The molecule has 12 atom stereocenters. The largest absolute Gasteiger partial charge is 0.447 e. The van der Waals surface area contributed by atoms with Gasteiger partial charge >= 0.3 is 12.2 Å². The summed E-state index contributed by atoms with van der Waals surface area (Å²) in [6.07, 6.45) is -18.7. The van der Waals surface area contributed by atoms with Crippen LogP contribution in [0.5, 0.6) is 0 Å². The molecule has 0 aliphatic carbocycles. The van der Waals surface area contributed by atoms with Gasteiger partial charge in [0.25, 0.3) is 0 Å². The SMILES string of the molecule is C[C@@H]1NC(=O)OC[C@H]2O[C@@H](CNC(=O)[C@H](CCC(N)=O)NC(=O)OC[C@H]3O[C@@H](CNC1=O)[C@H](O)[C@@H](O)[C@@H]3O)[C@H](O)[C@@H](O)[C@H]2O. The Hall–Kier alpha value is -3.37. The molecule has 12 N–H and O–H groups in total. The fourth-order valence-corrected chi connectivity index (χ4v) is 4.69. The third kappa shape index (κ3) is 9.08. The molecule has 3 aliphatic heterocycles. The molecular formula is C24H39N5O15. The van der Waals surface area contributed by atoms with Crippen molar-refractivity contribution in [3.05, 3.63) is 0 Å². The Balaban J connectivity index is 1.80. The molecule has 0 aromatic rings. The Morgan fingerprint density at radius 3 is 1.61 bits per heavy atom. The van der Waals surface area contributed by atoms with Crippen molar-refractivity contribution in [2.24, 2.45) is 5.73 Å². The lowest BCUT2D eigenvalue weighted by atomic mass is 9.95. The van der Waals surface area contributed by atoms with E-state index in [-0.39, 0.29) is 12.8 Å². The van der Waals surface area contributed by atoms with E-state index in [1.54, 1.807) is 0 Å². The second-order valence-electron chi connectivity index (χ2n) is 10.6. The molecule has 0 spiro atoms. The van der Waals surface area contributed by atoms with Crippen LogP contribution in [0.3, 0.4) is 0 Å². The fourth-order valence-electron chi connectivity index (χ4n) is 4.69. The summed E-state index contributed by atoms with van der Waals surface area (Å²) in [5, 5.41) is 71.1. The van der Waals surface area contributed by atoms with Gasteiger partial charge in [0.1, 0.15) is 86.3 Å². The van der Waals surface area contributed by atoms with Gasteiger partial charge in [-0.3, -0.25) is 14.4 Å². The molecule has 20 heteroatoms. The molecular weight excluding hydrogens is 598 g/mol. The Labute approximate surface area is 250 Å². The number of cyclic esters (lactones) is 2. The van der Waals surface area contributed by atoms with Crippen molar-refractivity contribution in [2.75, 3.05) is 26.3 Å². The molecule has 0 unspecified atom stereocenters. The van der Waals surface area contributed by atoms with Crippen LogP contribution in [0, 0.1) is 0 Å². The number of rotatable bonds is 3. The van der Waals surface area contributed by atoms with Crippen molar-refractivity contribution in [1.82, 2.24) is 21.3 Å². The third-order valence-electron chi connectivity index (χ3n) is 7.35. The summed E-state index contributed by atoms with van der Waals surface area (Å²) >= 11 is 0. The molecule has 3 rings (SSSR count). The van der Waals surface area contributed by atoms with Crippen LogP contribution in [-0.2, 0) is 33.3 Å². The number of nitrogens with one attached hydrogen (secondary N) is 4. The Bertz CT molecular complexity index is 1050. The van der Waals surface area contributed by atoms with Gasteiger partial charge in [0, 0.05) is 19.5 Å². The lowest BCUT2D eigenvalue weighted by Gasteiger charge is -2.40. The maximum absolute atomic E-state index is 12.9. The highest BCUT2D eigenvalue weighted by atomic mass is 16.6. The van der Waals surface area contributed by atoms with E-state index in [4.69, 9.17) is 24.7 Å². The van der Waals surface area contributed by atoms with E-state index in [9.17, 15) is 54.6 Å². The number of alkyl carbamates (subject to hydrolysis) is 2. The number of nitrogens with two attached hydrogens (primary N) is 1. The Morgan fingerprint density at radius 2 is 1.14 bits per heavy atom. The van der Waals surface area contributed by atoms with Crippen molar-refractivity contribution in [3.63, 3.8) is 0 Å². The lowest BCUT2D eigenvalue weighted by molar-refractivity contribution is -0.227. The number of carbonyl (C=O) groups excluding carboxylic acids is 5. The minimum atomic E-state index is -1.78. The highest BCUT2D eigenvalue weighted by molar-refractivity contribution is 5.86. The van der Waals surface area contributed by atoms with Crippen molar-refractivity contribution in [2.45, 2.75) is 92.9 Å². The van der Waals surface area contributed by atoms with Crippen LogP contribution < -0.4 is 27.0 Å². The number of hydrogen-bond acceptors (Lipinski definition) is 15. The minimum Gasteiger partial charge on any atom is -0.447 e. The summed E-state index contributed by atoms with van der Waals surface area (Å²) in [6.45, 7) is -0.917. The van der Waals surface area contributed by atoms with Gasteiger partial charge in [0.05, 0.1) is 0 Å². The normalized spacial score (nSPS) is 39.9. The summed E-state index contributed by atoms with van der Waals surface area (Å²) in [7, 11) is 0. The molecule has 0 saturated carbocycles. The van der Waals surface area contributed by atoms with E-state index < -0.39 is 129 Å². The Morgan fingerprint density at radius 1 is 0.705 bits per heavy atom. The van der Waals surface area contributed by atoms with E-state index in [0.29, 0.717) is 0 Å².